The molecule has 9 nitrogen and oxygen atoms in total. The van der Waals surface area contributed by atoms with Crippen molar-refractivity contribution in [3.63, 3.8) is 0 Å². The summed E-state index contributed by atoms with van der Waals surface area (Å²) in [6.45, 7) is 1.85. The van der Waals surface area contributed by atoms with Crippen LogP contribution in [0.5, 0.6) is 0 Å². The fraction of sp³-hybridized carbons (Fsp3) is 0.579. The monoisotopic (exact) mass is 443 g/mol. The van der Waals surface area contributed by atoms with E-state index in [1.165, 1.54) is 4.57 Å². The lowest BCUT2D eigenvalue weighted by Crippen LogP contribution is -2.40. The highest BCUT2D eigenvalue weighted by Gasteiger charge is 2.42. The van der Waals surface area contributed by atoms with E-state index in [9.17, 15) is 22.8 Å². The molecule has 1 aliphatic carbocycles. The fourth-order valence-corrected chi connectivity index (χ4v) is 3.91. The van der Waals surface area contributed by atoms with Crippen LogP contribution < -0.4 is 5.32 Å². The van der Waals surface area contributed by atoms with Gasteiger partial charge in [0.1, 0.15) is 11.8 Å². The quantitative estimate of drug-likeness (QED) is 0.733. The average Bonchev–Trinajstić information content (AvgIpc) is 3.39. The number of carboxylic acids is 1. The molecule has 170 valence electrons. The molecule has 1 aromatic heterocycles. The van der Waals surface area contributed by atoms with E-state index in [0.29, 0.717) is 23.6 Å². The molecule has 0 radical (unpaired) electrons. The molecule has 1 aromatic rings. The van der Waals surface area contributed by atoms with Crippen molar-refractivity contribution in [2.45, 2.75) is 25.1 Å². The Kier molecular flexibility index (Phi) is 7.67. The summed E-state index contributed by atoms with van der Waals surface area (Å²) in [5.41, 5.74) is 0.364. The topological polar surface area (TPSA) is 119 Å². The van der Waals surface area contributed by atoms with E-state index in [2.05, 4.69) is 5.32 Å². The first kappa shape index (κ1) is 24.2. The van der Waals surface area contributed by atoms with E-state index >= 15 is 0 Å². The number of fused-ring (bicyclic) bond motifs is 1. The lowest BCUT2D eigenvalue weighted by Gasteiger charge is -2.23. The van der Waals surface area contributed by atoms with Crippen molar-refractivity contribution >= 4 is 17.9 Å². The zero-order valence-corrected chi connectivity index (χ0v) is 17.1. The van der Waals surface area contributed by atoms with E-state index in [1.807, 2.05) is 11.0 Å². The predicted octanol–water partition coefficient (Wildman–Crippen LogP) is 1.61. The molecule has 1 saturated heterocycles. The number of alkyl halides is 3. The number of halogens is 3. The first-order valence-electron chi connectivity index (χ1n) is 9.54. The lowest BCUT2D eigenvalue weighted by molar-refractivity contribution is -0.192. The van der Waals surface area contributed by atoms with Crippen molar-refractivity contribution in [2.24, 2.45) is 11.8 Å². The average molecular weight is 443 g/mol. The van der Waals surface area contributed by atoms with Crippen LogP contribution in [0.4, 0.5) is 18.0 Å². The number of aromatic nitrogens is 1. The van der Waals surface area contributed by atoms with Gasteiger partial charge in [0.25, 0.3) is 0 Å². The molecule has 2 heterocycles. The van der Waals surface area contributed by atoms with Crippen LogP contribution in [0.1, 0.15) is 23.3 Å². The van der Waals surface area contributed by atoms with Gasteiger partial charge in [0.15, 0.2) is 0 Å². The lowest BCUT2D eigenvalue weighted by atomic mass is 10.0. The molecule has 12 heteroatoms. The highest BCUT2D eigenvalue weighted by molar-refractivity contribution is 5.82. The van der Waals surface area contributed by atoms with Crippen LogP contribution in [0.3, 0.4) is 0 Å². The molecule has 2 aliphatic rings. The maximum Gasteiger partial charge on any atom is 0.490 e. The van der Waals surface area contributed by atoms with Crippen LogP contribution in [0.25, 0.3) is 0 Å². The zero-order chi connectivity index (χ0) is 23.3. The van der Waals surface area contributed by atoms with Crippen molar-refractivity contribution in [1.29, 1.82) is 5.26 Å². The summed E-state index contributed by atoms with van der Waals surface area (Å²) in [6, 6.07) is 5.74. The van der Waals surface area contributed by atoms with Crippen LogP contribution in [-0.4, -0.2) is 83.3 Å². The number of hydrogen-bond acceptors (Lipinski definition) is 5. The number of rotatable bonds is 3. The summed E-state index contributed by atoms with van der Waals surface area (Å²) in [6.07, 6.45) is -1.48. The Labute approximate surface area is 177 Å². The number of urea groups is 1. The Morgan fingerprint density at radius 1 is 1.26 bits per heavy atom. The molecule has 31 heavy (non-hydrogen) atoms. The number of nitrogens with one attached hydrogen (secondary N) is 1. The normalized spacial score (nSPS) is 22.2. The summed E-state index contributed by atoms with van der Waals surface area (Å²) in [5.74, 6) is -1.84. The van der Waals surface area contributed by atoms with Gasteiger partial charge in [-0.3, -0.25) is 9.36 Å². The highest BCUT2D eigenvalue weighted by atomic mass is 19.4. The van der Waals surface area contributed by atoms with E-state index in [0.717, 1.165) is 25.9 Å². The summed E-state index contributed by atoms with van der Waals surface area (Å²) >= 11 is 0. The Balaban J connectivity index is 0.000000423. The van der Waals surface area contributed by atoms with Crippen LogP contribution in [0.15, 0.2) is 18.3 Å². The van der Waals surface area contributed by atoms with Gasteiger partial charge in [0.05, 0.1) is 6.54 Å². The third-order valence-corrected chi connectivity index (χ3v) is 5.32. The van der Waals surface area contributed by atoms with Crippen LogP contribution in [0, 0.1) is 23.2 Å². The third kappa shape index (κ3) is 6.21. The number of likely N-dealkylation sites (tertiary alicyclic amines) is 1. The number of hydrogen-bond donors (Lipinski definition) is 2. The molecule has 0 spiro atoms. The largest absolute Gasteiger partial charge is 0.490 e. The summed E-state index contributed by atoms with van der Waals surface area (Å²) in [5, 5.41) is 19.4. The number of nitrogens with zero attached hydrogens (tertiary/aromatic N) is 4. The molecular weight excluding hydrogens is 419 g/mol. The number of carbonyl (C=O) groups excluding carboxylic acids is 2. The summed E-state index contributed by atoms with van der Waals surface area (Å²) < 4.78 is 33.1. The van der Waals surface area contributed by atoms with Crippen molar-refractivity contribution in [3.8, 4) is 6.07 Å². The second kappa shape index (κ2) is 9.82. The highest BCUT2D eigenvalue weighted by Crippen LogP contribution is 2.38. The molecular formula is C19H24F3N5O4. The molecule has 0 aromatic carbocycles. The van der Waals surface area contributed by atoms with Gasteiger partial charge in [-0.25, -0.2) is 9.59 Å². The van der Waals surface area contributed by atoms with Gasteiger partial charge in [0, 0.05) is 39.4 Å². The van der Waals surface area contributed by atoms with Gasteiger partial charge in [-0.2, -0.15) is 18.4 Å². The number of carbonyl (C=O) groups is 3. The van der Waals surface area contributed by atoms with E-state index in [-0.39, 0.29) is 18.5 Å². The minimum Gasteiger partial charge on any atom is -0.475 e. The van der Waals surface area contributed by atoms with Crippen LogP contribution in [-0.2, 0) is 4.79 Å². The Bertz CT molecular complexity index is 847. The van der Waals surface area contributed by atoms with Gasteiger partial charge in [-0.05, 0) is 36.8 Å². The Morgan fingerprint density at radius 3 is 2.26 bits per heavy atom. The van der Waals surface area contributed by atoms with Gasteiger partial charge in [-0.1, -0.05) is 0 Å². The van der Waals surface area contributed by atoms with Crippen LogP contribution >= 0.6 is 0 Å². The minimum atomic E-state index is -5.08. The summed E-state index contributed by atoms with van der Waals surface area (Å²) in [7, 11) is 3.56. The number of amides is 2. The first-order valence-corrected chi connectivity index (χ1v) is 9.54. The molecule has 0 bridgehead atoms. The molecule has 1 saturated carbocycles. The second-order valence-corrected chi connectivity index (χ2v) is 7.72. The van der Waals surface area contributed by atoms with Crippen molar-refractivity contribution in [2.75, 3.05) is 33.7 Å². The number of aliphatic carboxylic acids is 1. The summed E-state index contributed by atoms with van der Waals surface area (Å²) in [4.78, 5) is 36.7. The van der Waals surface area contributed by atoms with E-state index in [4.69, 9.17) is 15.2 Å². The van der Waals surface area contributed by atoms with Crippen LogP contribution in [0.2, 0.25) is 0 Å². The van der Waals surface area contributed by atoms with Gasteiger partial charge in [0.2, 0.25) is 5.91 Å². The number of carboxylic acid groups (broad SMARTS) is 1. The fourth-order valence-electron chi connectivity index (χ4n) is 3.91. The third-order valence-electron chi connectivity index (χ3n) is 5.32. The second-order valence-electron chi connectivity index (χ2n) is 7.72. The van der Waals surface area contributed by atoms with Crippen molar-refractivity contribution in [1.82, 2.24) is 19.7 Å². The van der Waals surface area contributed by atoms with E-state index < -0.39 is 12.1 Å². The van der Waals surface area contributed by atoms with Gasteiger partial charge >= 0.3 is 18.2 Å². The first-order chi connectivity index (χ1) is 14.4. The molecule has 2 N–H and O–H groups in total. The predicted molar refractivity (Wildman–Crippen MR) is 102 cm³/mol. The molecule has 3 atom stereocenters. The molecule has 2 amide bonds. The molecule has 3 rings (SSSR count). The maximum atomic E-state index is 12.2. The zero-order valence-electron chi connectivity index (χ0n) is 17.1. The molecule has 1 aliphatic heterocycles. The Hall–Kier alpha value is -3.07. The Morgan fingerprint density at radius 2 is 1.81 bits per heavy atom. The van der Waals surface area contributed by atoms with Gasteiger partial charge in [-0.15, -0.1) is 0 Å². The smallest absolute Gasteiger partial charge is 0.475 e. The molecule has 2 fully saturated rings. The number of nitriles is 1. The van der Waals surface area contributed by atoms with Gasteiger partial charge < -0.3 is 20.2 Å². The minimum absolute atomic E-state index is 0.0840. The standard InChI is InChI=1S/C17H23N5O2.C2HF3O2/c1-20(2)17(24)21-10-12-6-14(7-13(12)11-21)19-9-16(23)22-5-3-4-15(22)8-18;3-2(4,5)1(6)7/h3-5,12-14,19H,6-7,9-11H2,1-2H3;(H,6,7)/t12-,13+,14?;. The maximum absolute atomic E-state index is 12.2. The van der Waals surface area contributed by atoms with E-state index in [1.54, 1.807) is 37.3 Å². The van der Waals surface area contributed by atoms with Crippen molar-refractivity contribution < 1.29 is 32.7 Å². The molecule has 1 unspecified atom stereocenters. The SMILES string of the molecule is CN(C)C(=O)N1C[C@H]2CC(NCC(=O)n3cccc3C#N)C[C@H]2C1.O=C(O)C(F)(F)F. The van der Waals surface area contributed by atoms with Crippen molar-refractivity contribution in [3.05, 3.63) is 24.0 Å².